The van der Waals surface area contributed by atoms with Crippen LogP contribution in [0.4, 0.5) is 0 Å². The van der Waals surface area contributed by atoms with E-state index in [4.69, 9.17) is 14.9 Å². The lowest BCUT2D eigenvalue weighted by molar-refractivity contribution is -0.0269. The van der Waals surface area contributed by atoms with Gasteiger partial charge in [-0.15, -0.1) is 11.3 Å². The number of ether oxygens (including phenoxy) is 1. The third-order valence-corrected chi connectivity index (χ3v) is 3.76. The summed E-state index contributed by atoms with van der Waals surface area (Å²) >= 11 is 1.41. The molecule has 5 nitrogen and oxygen atoms in total. The van der Waals surface area contributed by atoms with Crippen LogP contribution >= 0.6 is 11.3 Å². The van der Waals surface area contributed by atoms with Gasteiger partial charge in [-0.3, -0.25) is 0 Å². The molecule has 1 aromatic rings. The SMILES string of the molecule is CCCc1ccc(C(=O)OCCC(O)C(O)CO)s1. The Labute approximate surface area is 116 Å². The third kappa shape index (κ3) is 5.28. The summed E-state index contributed by atoms with van der Waals surface area (Å²) < 4.78 is 5.00. The van der Waals surface area contributed by atoms with Crippen LogP contribution in [-0.2, 0) is 11.2 Å². The summed E-state index contributed by atoms with van der Waals surface area (Å²) in [6.45, 7) is 1.57. The van der Waals surface area contributed by atoms with Crippen molar-refractivity contribution in [2.75, 3.05) is 13.2 Å². The Bertz CT molecular complexity index is 390. The maximum absolute atomic E-state index is 11.7. The van der Waals surface area contributed by atoms with E-state index < -0.39 is 24.8 Å². The van der Waals surface area contributed by atoms with Crippen LogP contribution in [0.2, 0.25) is 0 Å². The standard InChI is InChI=1S/C13H20O5S/c1-2-3-9-4-5-12(19-9)13(17)18-7-6-10(15)11(16)8-14/h4-5,10-11,14-16H,2-3,6-8H2,1H3. The highest BCUT2D eigenvalue weighted by molar-refractivity contribution is 7.13. The van der Waals surface area contributed by atoms with Crippen molar-refractivity contribution in [3.05, 3.63) is 21.9 Å². The Morgan fingerprint density at radius 2 is 2.11 bits per heavy atom. The van der Waals surface area contributed by atoms with Crippen LogP contribution in [0, 0.1) is 0 Å². The minimum atomic E-state index is -1.20. The molecule has 0 saturated carbocycles. The molecule has 1 aromatic heterocycles. The number of rotatable bonds is 8. The second-order valence-corrected chi connectivity index (χ2v) is 5.43. The van der Waals surface area contributed by atoms with Crippen LogP contribution in [-0.4, -0.2) is 46.7 Å². The first-order chi connectivity index (χ1) is 9.08. The normalized spacial score (nSPS) is 14.1. The Balaban J connectivity index is 2.34. The molecule has 0 spiro atoms. The molecule has 0 bridgehead atoms. The average Bonchev–Trinajstić information content (AvgIpc) is 2.86. The fourth-order valence-corrected chi connectivity index (χ4v) is 2.53. The predicted molar refractivity (Wildman–Crippen MR) is 72.3 cm³/mol. The van der Waals surface area contributed by atoms with Crippen LogP contribution in [0.1, 0.15) is 34.3 Å². The highest BCUT2D eigenvalue weighted by atomic mass is 32.1. The van der Waals surface area contributed by atoms with Gasteiger partial charge in [-0.2, -0.15) is 0 Å². The Morgan fingerprint density at radius 3 is 2.74 bits per heavy atom. The van der Waals surface area contributed by atoms with E-state index in [1.165, 1.54) is 11.3 Å². The first-order valence-electron chi connectivity index (χ1n) is 6.31. The molecule has 19 heavy (non-hydrogen) atoms. The molecule has 0 aliphatic rings. The van der Waals surface area contributed by atoms with Gasteiger partial charge in [0.1, 0.15) is 11.0 Å². The molecule has 0 radical (unpaired) electrons. The zero-order chi connectivity index (χ0) is 14.3. The van der Waals surface area contributed by atoms with Gasteiger partial charge in [0, 0.05) is 11.3 Å². The monoisotopic (exact) mass is 288 g/mol. The first-order valence-corrected chi connectivity index (χ1v) is 7.13. The van der Waals surface area contributed by atoms with Crippen molar-refractivity contribution in [1.29, 1.82) is 0 Å². The summed E-state index contributed by atoms with van der Waals surface area (Å²) in [5.74, 6) is -0.418. The van der Waals surface area contributed by atoms with Gasteiger partial charge in [0.2, 0.25) is 0 Å². The molecule has 0 aliphatic carbocycles. The van der Waals surface area contributed by atoms with E-state index in [1.54, 1.807) is 6.07 Å². The van der Waals surface area contributed by atoms with Crippen LogP contribution in [0.5, 0.6) is 0 Å². The van der Waals surface area contributed by atoms with Crippen molar-refractivity contribution in [1.82, 2.24) is 0 Å². The van der Waals surface area contributed by atoms with Crippen molar-refractivity contribution in [3.8, 4) is 0 Å². The topological polar surface area (TPSA) is 87.0 Å². The van der Waals surface area contributed by atoms with Crippen LogP contribution < -0.4 is 0 Å². The summed E-state index contributed by atoms with van der Waals surface area (Å²) in [6, 6.07) is 3.64. The lowest BCUT2D eigenvalue weighted by Crippen LogP contribution is -2.30. The smallest absolute Gasteiger partial charge is 0.348 e. The quantitative estimate of drug-likeness (QED) is 0.620. The molecule has 0 aromatic carbocycles. The predicted octanol–water partition coefficient (Wildman–Crippen LogP) is 0.962. The Morgan fingerprint density at radius 1 is 1.37 bits per heavy atom. The molecule has 2 atom stereocenters. The molecule has 3 N–H and O–H groups in total. The number of esters is 1. The number of carbonyl (C=O) groups is 1. The summed E-state index contributed by atoms with van der Waals surface area (Å²) in [5, 5.41) is 27.1. The van der Waals surface area contributed by atoms with Crippen LogP contribution in [0.25, 0.3) is 0 Å². The van der Waals surface area contributed by atoms with Gasteiger partial charge >= 0.3 is 5.97 Å². The largest absolute Gasteiger partial charge is 0.461 e. The van der Waals surface area contributed by atoms with E-state index in [9.17, 15) is 9.90 Å². The number of aliphatic hydroxyl groups excluding tert-OH is 3. The Kier molecular flexibility index (Phi) is 7.01. The molecule has 1 heterocycles. The molecular formula is C13H20O5S. The second-order valence-electron chi connectivity index (χ2n) is 4.26. The van der Waals surface area contributed by atoms with Crippen molar-refractivity contribution >= 4 is 17.3 Å². The van der Waals surface area contributed by atoms with Gasteiger partial charge in [0.05, 0.1) is 19.3 Å². The van der Waals surface area contributed by atoms with Gasteiger partial charge in [0.25, 0.3) is 0 Å². The van der Waals surface area contributed by atoms with Gasteiger partial charge in [-0.05, 0) is 18.6 Å². The second kappa shape index (κ2) is 8.27. The summed E-state index contributed by atoms with van der Waals surface area (Å²) in [7, 11) is 0. The van der Waals surface area contributed by atoms with Crippen molar-refractivity contribution in [3.63, 3.8) is 0 Å². The number of aryl methyl sites for hydroxylation is 1. The van der Waals surface area contributed by atoms with Gasteiger partial charge in [-0.25, -0.2) is 4.79 Å². The fraction of sp³-hybridized carbons (Fsp3) is 0.615. The zero-order valence-electron chi connectivity index (χ0n) is 10.9. The summed E-state index contributed by atoms with van der Waals surface area (Å²) in [6.07, 6.45) is -0.214. The average molecular weight is 288 g/mol. The maximum atomic E-state index is 11.7. The van der Waals surface area contributed by atoms with E-state index in [-0.39, 0.29) is 13.0 Å². The highest BCUT2D eigenvalue weighted by Crippen LogP contribution is 2.19. The van der Waals surface area contributed by atoms with Gasteiger partial charge in [-0.1, -0.05) is 13.3 Å². The first kappa shape index (κ1) is 16.1. The lowest BCUT2D eigenvalue weighted by atomic mass is 10.1. The molecule has 0 aliphatic heterocycles. The van der Waals surface area contributed by atoms with Gasteiger partial charge < -0.3 is 20.1 Å². The maximum Gasteiger partial charge on any atom is 0.348 e. The molecule has 0 fully saturated rings. The number of hydrogen-bond acceptors (Lipinski definition) is 6. The summed E-state index contributed by atoms with van der Waals surface area (Å²) in [5.41, 5.74) is 0. The van der Waals surface area contributed by atoms with Crippen LogP contribution in [0.15, 0.2) is 12.1 Å². The minimum Gasteiger partial charge on any atom is -0.461 e. The lowest BCUT2D eigenvalue weighted by Gasteiger charge is -2.14. The summed E-state index contributed by atoms with van der Waals surface area (Å²) in [4.78, 5) is 13.4. The molecule has 2 unspecified atom stereocenters. The zero-order valence-corrected chi connectivity index (χ0v) is 11.7. The number of thiophene rings is 1. The van der Waals surface area contributed by atoms with Crippen LogP contribution in [0.3, 0.4) is 0 Å². The van der Waals surface area contributed by atoms with E-state index in [0.717, 1.165) is 17.7 Å². The number of carbonyl (C=O) groups excluding carboxylic acids is 1. The van der Waals surface area contributed by atoms with E-state index >= 15 is 0 Å². The highest BCUT2D eigenvalue weighted by Gasteiger charge is 2.16. The Hall–Kier alpha value is -0.950. The molecule has 1 rings (SSSR count). The molecule has 6 heteroatoms. The van der Waals surface area contributed by atoms with Crippen molar-refractivity contribution in [2.24, 2.45) is 0 Å². The number of hydrogen-bond donors (Lipinski definition) is 3. The molecule has 108 valence electrons. The van der Waals surface area contributed by atoms with Crippen molar-refractivity contribution in [2.45, 2.75) is 38.4 Å². The van der Waals surface area contributed by atoms with E-state index in [1.807, 2.05) is 6.07 Å². The van der Waals surface area contributed by atoms with Crippen molar-refractivity contribution < 1.29 is 24.9 Å². The molecule has 0 amide bonds. The van der Waals surface area contributed by atoms with E-state index in [2.05, 4.69) is 6.92 Å². The number of aliphatic hydroxyl groups is 3. The van der Waals surface area contributed by atoms with E-state index in [0.29, 0.717) is 4.88 Å². The minimum absolute atomic E-state index is 0.0120. The molecule has 0 saturated heterocycles. The third-order valence-electron chi connectivity index (χ3n) is 2.64. The molecular weight excluding hydrogens is 268 g/mol. The fourth-order valence-electron chi connectivity index (χ4n) is 1.53. The van der Waals surface area contributed by atoms with Gasteiger partial charge in [0.15, 0.2) is 0 Å².